The highest BCUT2D eigenvalue weighted by molar-refractivity contribution is 5.91. The fraction of sp³-hybridized carbons (Fsp3) is 0.500. The summed E-state index contributed by atoms with van der Waals surface area (Å²) >= 11 is 0. The fourth-order valence-electron chi connectivity index (χ4n) is 3.94. The zero-order valence-corrected chi connectivity index (χ0v) is 18.0. The lowest BCUT2D eigenvalue weighted by molar-refractivity contribution is 0.243. The van der Waals surface area contributed by atoms with Crippen molar-refractivity contribution in [2.45, 2.75) is 58.5 Å². The Kier molecular flexibility index (Phi) is 6.56. The summed E-state index contributed by atoms with van der Waals surface area (Å²) in [6.07, 6.45) is 5.60. The maximum absolute atomic E-state index is 12.5. The number of nitrogens with one attached hydrogen (secondary N) is 3. The van der Waals surface area contributed by atoms with Gasteiger partial charge in [-0.3, -0.25) is 0 Å². The number of anilines is 3. The predicted octanol–water partition coefficient (Wildman–Crippen LogP) is 4.01. The second-order valence-corrected chi connectivity index (χ2v) is 8.20. The Morgan fingerprint density at radius 2 is 1.66 bits per heavy atom. The van der Waals surface area contributed by atoms with Crippen LogP contribution in [-0.2, 0) is 0 Å². The molecule has 0 spiro atoms. The third-order valence-electron chi connectivity index (χ3n) is 5.41. The normalized spacial score (nSPS) is 18.8. The molecule has 2 aromatic rings. The number of nitrogens with zero attached hydrogens (tertiary/aromatic N) is 3. The molecule has 2 amide bonds. The lowest BCUT2D eigenvalue weighted by atomic mass is 9.91. The number of hydrogen-bond acceptors (Lipinski definition) is 5. The molecule has 0 aliphatic heterocycles. The van der Waals surface area contributed by atoms with E-state index < -0.39 is 0 Å². The van der Waals surface area contributed by atoms with E-state index in [1.807, 2.05) is 38.9 Å². The number of hydrogen-bond donors (Lipinski definition) is 3. The van der Waals surface area contributed by atoms with Gasteiger partial charge < -0.3 is 20.9 Å². The van der Waals surface area contributed by atoms with Crippen LogP contribution >= 0.6 is 0 Å². The van der Waals surface area contributed by atoms with E-state index in [1.54, 1.807) is 6.20 Å². The lowest BCUT2D eigenvalue weighted by Gasteiger charge is -2.30. The molecular formula is C22H32N6O. The molecule has 7 heteroatoms. The van der Waals surface area contributed by atoms with Gasteiger partial charge >= 0.3 is 6.03 Å². The molecule has 0 unspecified atom stereocenters. The average Bonchev–Trinajstić information content (AvgIpc) is 2.66. The van der Waals surface area contributed by atoms with Crippen LogP contribution in [0.2, 0.25) is 0 Å². The molecule has 0 atom stereocenters. The molecule has 1 aromatic carbocycles. The zero-order chi connectivity index (χ0) is 21.0. The Bertz CT molecular complexity index is 835. The molecule has 0 radical (unpaired) electrons. The summed E-state index contributed by atoms with van der Waals surface area (Å²) in [5.41, 5.74) is 4.29. The molecule has 3 N–H and O–H groups in total. The van der Waals surface area contributed by atoms with Crippen LogP contribution in [0, 0.1) is 20.8 Å². The van der Waals surface area contributed by atoms with E-state index in [1.165, 1.54) is 5.56 Å². The fourth-order valence-corrected chi connectivity index (χ4v) is 3.94. The van der Waals surface area contributed by atoms with Gasteiger partial charge in [-0.2, -0.15) is 4.98 Å². The minimum Gasteiger partial charge on any atom is -0.363 e. The van der Waals surface area contributed by atoms with Crippen molar-refractivity contribution in [3.63, 3.8) is 0 Å². The molecule has 1 fully saturated rings. The zero-order valence-electron chi connectivity index (χ0n) is 18.0. The molecular weight excluding hydrogens is 364 g/mol. The third kappa shape index (κ3) is 5.59. The Morgan fingerprint density at radius 1 is 1.03 bits per heavy atom. The summed E-state index contributed by atoms with van der Waals surface area (Å²) in [6, 6.07) is 6.46. The van der Waals surface area contributed by atoms with Crippen molar-refractivity contribution in [3.8, 4) is 0 Å². The van der Waals surface area contributed by atoms with Crippen LogP contribution in [0.5, 0.6) is 0 Å². The number of rotatable bonds is 5. The summed E-state index contributed by atoms with van der Waals surface area (Å²) in [5, 5.41) is 9.59. The van der Waals surface area contributed by atoms with Crippen LogP contribution in [-0.4, -0.2) is 42.2 Å². The second kappa shape index (κ2) is 9.11. The first kappa shape index (κ1) is 20.9. The van der Waals surface area contributed by atoms with Crippen LogP contribution in [0.15, 0.2) is 24.4 Å². The number of aryl methyl sites for hydroxylation is 3. The van der Waals surface area contributed by atoms with Gasteiger partial charge in [-0.15, -0.1) is 0 Å². The minimum atomic E-state index is -0.126. The Morgan fingerprint density at radius 3 is 2.28 bits per heavy atom. The van der Waals surface area contributed by atoms with Crippen molar-refractivity contribution in [2.75, 3.05) is 29.6 Å². The van der Waals surface area contributed by atoms with Crippen molar-refractivity contribution < 1.29 is 4.79 Å². The number of urea groups is 1. The van der Waals surface area contributed by atoms with Crippen LogP contribution < -0.4 is 20.9 Å². The van der Waals surface area contributed by atoms with Gasteiger partial charge in [-0.05, 0) is 63.6 Å². The molecule has 1 saturated carbocycles. The lowest BCUT2D eigenvalue weighted by Crippen LogP contribution is -2.42. The largest absolute Gasteiger partial charge is 0.363 e. The van der Waals surface area contributed by atoms with Crippen molar-refractivity contribution in [2.24, 2.45) is 0 Å². The first-order valence-corrected chi connectivity index (χ1v) is 10.2. The van der Waals surface area contributed by atoms with Gasteiger partial charge in [-0.1, -0.05) is 17.7 Å². The smallest absolute Gasteiger partial charge is 0.319 e. The highest BCUT2D eigenvalue weighted by atomic mass is 16.2. The number of benzene rings is 1. The highest BCUT2D eigenvalue weighted by Crippen LogP contribution is 2.24. The van der Waals surface area contributed by atoms with E-state index in [9.17, 15) is 4.79 Å². The molecule has 156 valence electrons. The number of carbonyl (C=O) groups excluding carboxylic acids is 1. The standard InChI is InChI=1S/C22H32N6O/c1-14-12-15(2)20(16(3)13-14)27-22(29)25-18-8-6-17(7-9-18)24-21-23-11-10-19(26-21)28(4)5/h10-13,17-18H,6-9H2,1-5H3,(H,23,24,26)(H2,25,27,29). The third-order valence-corrected chi connectivity index (χ3v) is 5.41. The van der Waals surface area contributed by atoms with Gasteiger partial charge in [0, 0.05) is 38.1 Å². The molecule has 1 aliphatic carbocycles. The van der Waals surface area contributed by atoms with E-state index in [4.69, 9.17) is 0 Å². The SMILES string of the molecule is Cc1cc(C)c(NC(=O)NC2CCC(Nc3nccc(N(C)C)n3)CC2)c(C)c1. The molecule has 0 saturated heterocycles. The summed E-state index contributed by atoms with van der Waals surface area (Å²) in [5.74, 6) is 1.55. The molecule has 7 nitrogen and oxygen atoms in total. The Labute approximate surface area is 173 Å². The Balaban J connectivity index is 1.48. The first-order valence-electron chi connectivity index (χ1n) is 10.2. The molecule has 29 heavy (non-hydrogen) atoms. The Hall–Kier alpha value is -2.83. The number of aromatic nitrogens is 2. The van der Waals surface area contributed by atoms with Crippen LogP contribution in [0.1, 0.15) is 42.4 Å². The van der Waals surface area contributed by atoms with Crippen molar-refractivity contribution in [3.05, 3.63) is 41.1 Å². The first-order chi connectivity index (χ1) is 13.8. The highest BCUT2D eigenvalue weighted by Gasteiger charge is 2.23. The summed E-state index contributed by atoms with van der Waals surface area (Å²) in [7, 11) is 3.93. The van der Waals surface area contributed by atoms with Crippen molar-refractivity contribution in [1.29, 1.82) is 0 Å². The van der Waals surface area contributed by atoms with Crippen molar-refractivity contribution >= 4 is 23.5 Å². The van der Waals surface area contributed by atoms with Crippen LogP contribution in [0.25, 0.3) is 0 Å². The molecule has 1 aromatic heterocycles. The minimum absolute atomic E-state index is 0.126. The molecule has 1 aliphatic rings. The quantitative estimate of drug-likeness (QED) is 0.711. The molecule has 3 rings (SSSR count). The van der Waals surface area contributed by atoms with Gasteiger partial charge in [0.2, 0.25) is 5.95 Å². The van der Waals surface area contributed by atoms with E-state index in [-0.39, 0.29) is 12.1 Å². The van der Waals surface area contributed by atoms with Gasteiger partial charge in [0.1, 0.15) is 5.82 Å². The maximum Gasteiger partial charge on any atom is 0.319 e. The molecule has 0 bridgehead atoms. The van der Waals surface area contributed by atoms with Crippen LogP contribution in [0.3, 0.4) is 0 Å². The van der Waals surface area contributed by atoms with Gasteiger partial charge in [0.05, 0.1) is 0 Å². The number of amides is 2. The summed E-state index contributed by atoms with van der Waals surface area (Å²) in [6.45, 7) is 6.12. The topological polar surface area (TPSA) is 82.2 Å². The van der Waals surface area contributed by atoms with Gasteiger partial charge in [0.25, 0.3) is 0 Å². The summed E-state index contributed by atoms with van der Waals surface area (Å²) in [4.78, 5) is 23.3. The average molecular weight is 397 g/mol. The maximum atomic E-state index is 12.5. The van der Waals surface area contributed by atoms with E-state index in [0.717, 1.165) is 48.3 Å². The van der Waals surface area contributed by atoms with Crippen LogP contribution in [0.4, 0.5) is 22.2 Å². The second-order valence-electron chi connectivity index (χ2n) is 8.20. The van der Waals surface area contributed by atoms with E-state index in [2.05, 4.69) is 45.0 Å². The summed E-state index contributed by atoms with van der Waals surface area (Å²) < 4.78 is 0. The van der Waals surface area contributed by atoms with Gasteiger partial charge in [-0.25, -0.2) is 9.78 Å². The predicted molar refractivity (Wildman–Crippen MR) is 119 cm³/mol. The van der Waals surface area contributed by atoms with E-state index >= 15 is 0 Å². The molecule has 1 heterocycles. The monoisotopic (exact) mass is 396 g/mol. The van der Waals surface area contributed by atoms with E-state index in [0.29, 0.717) is 12.0 Å². The van der Waals surface area contributed by atoms with Crippen molar-refractivity contribution in [1.82, 2.24) is 15.3 Å². The van der Waals surface area contributed by atoms with Gasteiger partial charge in [0.15, 0.2) is 0 Å². The number of carbonyl (C=O) groups is 1.